The van der Waals surface area contributed by atoms with Crippen LogP contribution < -0.4 is 10.1 Å². The molecule has 0 aliphatic carbocycles. The molecule has 0 fully saturated rings. The summed E-state index contributed by atoms with van der Waals surface area (Å²) in [5, 5.41) is 14.6. The Bertz CT molecular complexity index is 863. The van der Waals surface area contributed by atoms with E-state index in [1.54, 1.807) is 0 Å². The molecule has 0 atom stereocenters. The fourth-order valence-electron chi connectivity index (χ4n) is 3.09. The van der Waals surface area contributed by atoms with Crippen molar-refractivity contribution in [3.63, 3.8) is 0 Å². The van der Waals surface area contributed by atoms with Crippen LogP contribution in [0.4, 0.5) is 0 Å². The monoisotopic (exact) mass is 365 g/mol. The van der Waals surface area contributed by atoms with Crippen LogP contribution in [0.25, 0.3) is 10.8 Å². The Morgan fingerprint density at radius 2 is 1.74 bits per heavy atom. The molecule has 0 unspecified atom stereocenters. The predicted molar refractivity (Wildman–Crippen MR) is 109 cm³/mol. The summed E-state index contributed by atoms with van der Waals surface area (Å²) in [5.41, 5.74) is 3.59. The van der Waals surface area contributed by atoms with Crippen molar-refractivity contribution in [3.8, 4) is 5.75 Å². The molecule has 0 saturated carbocycles. The number of hydrogen-bond donors (Lipinski definition) is 2. The molecule has 0 amide bonds. The van der Waals surface area contributed by atoms with Gasteiger partial charge in [-0.2, -0.15) is 0 Å². The number of aliphatic hydroxyl groups is 1. The topological polar surface area (TPSA) is 50.7 Å². The molecular formula is C23H27NO3. The molecule has 0 aromatic heterocycles. The van der Waals surface area contributed by atoms with Crippen molar-refractivity contribution in [2.75, 3.05) is 26.4 Å². The largest absolute Gasteiger partial charge is 0.489 e. The smallest absolute Gasteiger partial charge is 0.124 e. The highest BCUT2D eigenvalue weighted by Gasteiger charge is 2.09. The lowest BCUT2D eigenvalue weighted by Crippen LogP contribution is -2.20. The van der Waals surface area contributed by atoms with Gasteiger partial charge in [0.15, 0.2) is 0 Å². The standard InChI is InChI=1S/C23H27NO3/c1-18-6-2-3-8-20(18)17-27-23-11-10-19-7-4-5-9-21(19)22(23)16-24-12-14-26-15-13-25/h2-11,24-25H,12-17H2,1H3. The average Bonchev–Trinajstić information content (AvgIpc) is 2.70. The zero-order chi connectivity index (χ0) is 18.9. The fourth-order valence-corrected chi connectivity index (χ4v) is 3.09. The molecule has 0 radical (unpaired) electrons. The van der Waals surface area contributed by atoms with E-state index in [-0.39, 0.29) is 6.61 Å². The van der Waals surface area contributed by atoms with Crippen molar-refractivity contribution in [3.05, 3.63) is 77.4 Å². The summed E-state index contributed by atoms with van der Waals surface area (Å²) < 4.78 is 11.5. The van der Waals surface area contributed by atoms with E-state index in [1.165, 1.54) is 21.9 Å². The van der Waals surface area contributed by atoms with E-state index in [2.05, 4.69) is 60.8 Å². The highest BCUT2D eigenvalue weighted by Crippen LogP contribution is 2.29. The van der Waals surface area contributed by atoms with Gasteiger partial charge in [-0.15, -0.1) is 0 Å². The van der Waals surface area contributed by atoms with E-state index < -0.39 is 0 Å². The van der Waals surface area contributed by atoms with Crippen LogP contribution in [0, 0.1) is 6.92 Å². The number of rotatable bonds is 10. The summed E-state index contributed by atoms with van der Waals surface area (Å²) in [4.78, 5) is 0. The normalized spacial score (nSPS) is 11.0. The zero-order valence-corrected chi connectivity index (χ0v) is 15.8. The Labute approximate surface area is 160 Å². The predicted octanol–water partition coefficient (Wildman–Crippen LogP) is 3.83. The van der Waals surface area contributed by atoms with Crippen LogP contribution in [0.2, 0.25) is 0 Å². The van der Waals surface area contributed by atoms with Crippen LogP contribution in [0.15, 0.2) is 60.7 Å². The summed E-state index contributed by atoms with van der Waals surface area (Å²) in [6.07, 6.45) is 0. The second-order valence-electron chi connectivity index (χ2n) is 6.49. The molecule has 4 nitrogen and oxygen atoms in total. The van der Waals surface area contributed by atoms with Gasteiger partial charge in [-0.1, -0.05) is 54.6 Å². The second-order valence-corrected chi connectivity index (χ2v) is 6.49. The third-order valence-electron chi connectivity index (χ3n) is 4.60. The maximum absolute atomic E-state index is 8.77. The Morgan fingerprint density at radius 1 is 0.926 bits per heavy atom. The van der Waals surface area contributed by atoms with Gasteiger partial charge in [0.05, 0.1) is 19.8 Å². The molecule has 0 bridgehead atoms. The zero-order valence-electron chi connectivity index (χ0n) is 15.8. The Morgan fingerprint density at radius 3 is 2.59 bits per heavy atom. The number of nitrogens with one attached hydrogen (secondary N) is 1. The summed E-state index contributed by atoms with van der Waals surface area (Å²) >= 11 is 0. The number of aliphatic hydroxyl groups excluding tert-OH is 1. The van der Waals surface area contributed by atoms with Gasteiger partial charge in [0.1, 0.15) is 12.4 Å². The van der Waals surface area contributed by atoms with Crippen molar-refractivity contribution in [1.29, 1.82) is 0 Å². The van der Waals surface area contributed by atoms with Crippen LogP contribution >= 0.6 is 0 Å². The van der Waals surface area contributed by atoms with Gasteiger partial charge in [-0.3, -0.25) is 0 Å². The first kappa shape index (κ1) is 19.4. The molecule has 3 aromatic carbocycles. The molecule has 0 aliphatic rings. The van der Waals surface area contributed by atoms with E-state index in [1.807, 2.05) is 12.1 Å². The van der Waals surface area contributed by atoms with E-state index in [9.17, 15) is 0 Å². The van der Waals surface area contributed by atoms with E-state index >= 15 is 0 Å². The summed E-state index contributed by atoms with van der Waals surface area (Å²) in [5.74, 6) is 0.903. The lowest BCUT2D eigenvalue weighted by atomic mass is 10.0. The van der Waals surface area contributed by atoms with Crippen molar-refractivity contribution < 1.29 is 14.6 Å². The summed E-state index contributed by atoms with van der Waals surface area (Å²) in [6.45, 7) is 5.09. The summed E-state index contributed by atoms with van der Waals surface area (Å²) in [6, 6.07) is 20.8. The molecule has 0 spiro atoms. The molecule has 0 aliphatic heterocycles. The lowest BCUT2D eigenvalue weighted by molar-refractivity contribution is 0.0938. The van der Waals surface area contributed by atoms with Gasteiger partial charge in [0.2, 0.25) is 0 Å². The van der Waals surface area contributed by atoms with E-state index in [4.69, 9.17) is 14.6 Å². The minimum absolute atomic E-state index is 0.0558. The van der Waals surface area contributed by atoms with Gasteiger partial charge in [0.25, 0.3) is 0 Å². The SMILES string of the molecule is Cc1ccccc1COc1ccc2ccccc2c1CNCCOCCO. The van der Waals surface area contributed by atoms with Crippen molar-refractivity contribution >= 4 is 10.8 Å². The second kappa shape index (κ2) is 10.1. The molecule has 27 heavy (non-hydrogen) atoms. The molecular weight excluding hydrogens is 338 g/mol. The van der Waals surface area contributed by atoms with E-state index in [0.717, 1.165) is 17.9 Å². The number of hydrogen-bond acceptors (Lipinski definition) is 4. The number of fused-ring (bicyclic) bond motifs is 1. The molecule has 2 N–H and O–H groups in total. The first-order valence-electron chi connectivity index (χ1n) is 9.37. The van der Waals surface area contributed by atoms with Crippen molar-refractivity contribution in [2.45, 2.75) is 20.1 Å². The molecule has 4 heteroatoms. The van der Waals surface area contributed by atoms with Crippen LogP contribution in [-0.2, 0) is 17.9 Å². The molecule has 3 aromatic rings. The molecule has 0 heterocycles. The van der Waals surface area contributed by atoms with E-state index in [0.29, 0.717) is 26.4 Å². The van der Waals surface area contributed by atoms with Gasteiger partial charge < -0.3 is 19.9 Å². The maximum Gasteiger partial charge on any atom is 0.124 e. The van der Waals surface area contributed by atoms with Crippen molar-refractivity contribution in [2.24, 2.45) is 0 Å². The van der Waals surface area contributed by atoms with Crippen LogP contribution in [0.3, 0.4) is 0 Å². The van der Waals surface area contributed by atoms with Crippen LogP contribution in [-0.4, -0.2) is 31.5 Å². The maximum atomic E-state index is 8.77. The Hall–Kier alpha value is -2.40. The molecule has 3 rings (SSSR count). The van der Waals surface area contributed by atoms with Crippen molar-refractivity contribution in [1.82, 2.24) is 5.32 Å². The van der Waals surface area contributed by atoms with Gasteiger partial charge >= 0.3 is 0 Å². The highest BCUT2D eigenvalue weighted by atomic mass is 16.5. The lowest BCUT2D eigenvalue weighted by Gasteiger charge is -2.16. The van der Waals surface area contributed by atoms with Gasteiger partial charge in [-0.25, -0.2) is 0 Å². The minimum Gasteiger partial charge on any atom is -0.489 e. The number of ether oxygens (including phenoxy) is 2. The molecule has 142 valence electrons. The van der Waals surface area contributed by atoms with Gasteiger partial charge in [0, 0.05) is 18.7 Å². The van der Waals surface area contributed by atoms with Crippen LogP contribution in [0.1, 0.15) is 16.7 Å². The molecule has 0 saturated heterocycles. The minimum atomic E-state index is 0.0558. The quantitative estimate of drug-likeness (QED) is 0.536. The first-order valence-corrected chi connectivity index (χ1v) is 9.37. The number of aryl methyl sites for hydroxylation is 1. The third kappa shape index (κ3) is 5.30. The summed E-state index contributed by atoms with van der Waals surface area (Å²) in [7, 11) is 0. The third-order valence-corrected chi connectivity index (χ3v) is 4.60. The van der Waals surface area contributed by atoms with Gasteiger partial charge in [-0.05, 0) is 34.9 Å². The fraction of sp³-hybridized carbons (Fsp3) is 0.304. The first-order chi connectivity index (χ1) is 13.3. The average molecular weight is 365 g/mol. The Balaban J connectivity index is 1.74. The van der Waals surface area contributed by atoms with Crippen LogP contribution in [0.5, 0.6) is 5.75 Å². The Kier molecular flexibility index (Phi) is 7.22. The number of benzene rings is 3. The highest BCUT2D eigenvalue weighted by molar-refractivity contribution is 5.87.